The number of hydrogen-bond acceptors (Lipinski definition) is 1. The van der Waals surface area contributed by atoms with Crippen molar-refractivity contribution in [2.75, 3.05) is 0 Å². The van der Waals surface area contributed by atoms with Crippen molar-refractivity contribution in [3.05, 3.63) is 90.1 Å². The summed E-state index contributed by atoms with van der Waals surface area (Å²) < 4.78 is 2.10. The Morgan fingerprint density at radius 2 is 1.62 bits per heavy atom. The first-order chi connectivity index (χ1) is 12.7. The van der Waals surface area contributed by atoms with E-state index in [9.17, 15) is 9.90 Å². The van der Waals surface area contributed by atoms with Crippen molar-refractivity contribution in [3.8, 4) is 29.2 Å². The van der Waals surface area contributed by atoms with Crippen LogP contribution in [-0.4, -0.2) is 15.6 Å². The van der Waals surface area contributed by atoms with Crippen LogP contribution >= 0.6 is 0 Å². The van der Waals surface area contributed by atoms with E-state index in [1.165, 1.54) is 6.07 Å². The molecule has 1 aromatic heterocycles. The highest BCUT2D eigenvalue weighted by molar-refractivity contribution is 5.95. The molecule has 0 amide bonds. The molecule has 0 fully saturated rings. The van der Waals surface area contributed by atoms with Crippen molar-refractivity contribution in [2.45, 2.75) is 0 Å². The van der Waals surface area contributed by atoms with Gasteiger partial charge in [0.25, 0.3) is 0 Å². The predicted molar refractivity (Wildman–Crippen MR) is 104 cm³/mol. The largest absolute Gasteiger partial charge is 0.478 e. The average molecular weight is 337 g/mol. The Kier molecular flexibility index (Phi) is 3.79. The van der Waals surface area contributed by atoms with Gasteiger partial charge in [-0.3, -0.25) is 0 Å². The van der Waals surface area contributed by atoms with Gasteiger partial charge in [-0.1, -0.05) is 54.5 Å². The molecule has 3 aromatic carbocycles. The molecule has 1 N–H and O–H groups in total. The standard InChI is InChI=1S/C23H15NO2/c1-2-17-18(10-7-11-20(17)23(25)26)19-9-4-6-13-22(19)24-15-14-16-8-3-5-12-21(16)24/h1,3-15H,(H,25,26). The number of para-hydroxylation sites is 2. The lowest BCUT2D eigenvalue weighted by atomic mass is 9.94. The summed E-state index contributed by atoms with van der Waals surface area (Å²) in [5.41, 5.74) is 4.19. The van der Waals surface area contributed by atoms with Crippen molar-refractivity contribution in [1.82, 2.24) is 4.57 Å². The highest BCUT2D eigenvalue weighted by atomic mass is 16.4. The van der Waals surface area contributed by atoms with Crippen LogP contribution < -0.4 is 0 Å². The zero-order valence-electron chi connectivity index (χ0n) is 13.9. The van der Waals surface area contributed by atoms with Crippen LogP contribution in [0, 0.1) is 12.3 Å². The van der Waals surface area contributed by atoms with Crippen LogP contribution in [0.5, 0.6) is 0 Å². The van der Waals surface area contributed by atoms with Crippen molar-refractivity contribution in [2.24, 2.45) is 0 Å². The highest BCUT2D eigenvalue weighted by Crippen LogP contribution is 2.33. The van der Waals surface area contributed by atoms with Crippen LogP contribution in [0.2, 0.25) is 0 Å². The molecule has 3 heteroatoms. The van der Waals surface area contributed by atoms with E-state index in [1.54, 1.807) is 6.07 Å². The predicted octanol–water partition coefficient (Wildman–Crippen LogP) is 4.98. The third kappa shape index (κ3) is 2.45. The zero-order valence-corrected chi connectivity index (χ0v) is 13.9. The number of fused-ring (bicyclic) bond motifs is 1. The molecule has 0 unspecified atom stereocenters. The van der Waals surface area contributed by atoms with E-state index < -0.39 is 5.97 Å². The Labute approximate surface area is 151 Å². The Morgan fingerprint density at radius 1 is 0.885 bits per heavy atom. The van der Waals surface area contributed by atoms with Crippen LogP contribution in [0.15, 0.2) is 79.0 Å². The third-order valence-corrected chi connectivity index (χ3v) is 4.49. The van der Waals surface area contributed by atoms with Crippen molar-refractivity contribution < 1.29 is 9.90 Å². The zero-order chi connectivity index (χ0) is 18.1. The van der Waals surface area contributed by atoms with Gasteiger partial charge in [-0.25, -0.2) is 4.79 Å². The number of terminal acetylenes is 1. The molecule has 0 spiro atoms. The maximum absolute atomic E-state index is 11.6. The molecule has 0 aliphatic heterocycles. The van der Waals surface area contributed by atoms with Crippen LogP contribution in [-0.2, 0) is 0 Å². The van der Waals surface area contributed by atoms with E-state index in [2.05, 4.69) is 28.7 Å². The maximum Gasteiger partial charge on any atom is 0.336 e. The quantitative estimate of drug-likeness (QED) is 0.536. The second kappa shape index (κ2) is 6.27. The van der Waals surface area contributed by atoms with E-state index in [1.807, 2.05) is 48.7 Å². The van der Waals surface area contributed by atoms with Gasteiger partial charge in [0, 0.05) is 22.9 Å². The molecule has 0 saturated carbocycles. The molecule has 0 atom stereocenters. The molecule has 0 bridgehead atoms. The lowest BCUT2D eigenvalue weighted by Crippen LogP contribution is -2.03. The average Bonchev–Trinajstić information content (AvgIpc) is 3.11. The number of carboxylic acids is 1. The van der Waals surface area contributed by atoms with Gasteiger partial charge in [-0.05, 0) is 29.7 Å². The summed E-state index contributed by atoms with van der Waals surface area (Å²) in [7, 11) is 0. The van der Waals surface area contributed by atoms with Gasteiger partial charge in [0.15, 0.2) is 0 Å². The molecule has 3 nitrogen and oxygen atoms in total. The number of aromatic carboxylic acids is 1. The molecule has 0 aliphatic carbocycles. The lowest BCUT2D eigenvalue weighted by Gasteiger charge is -2.15. The molecule has 1 heterocycles. The molecular weight excluding hydrogens is 322 g/mol. The number of hydrogen-bond donors (Lipinski definition) is 1. The Hall–Kier alpha value is -3.77. The smallest absolute Gasteiger partial charge is 0.336 e. The van der Waals surface area contributed by atoms with E-state index in [0.29, 0.717) is 5.56 Å². The van der Waals surface area contributed by atoms with Crippen molar-refractivity contribution in [3.63, 3.8) is 0 Å². The number of nitrogens with zero attached hydrogens (tertiary/aromatic N) is 1. The lowest BCUT2D eigenvalue weighted by molar-refractivity contribution is 0.0696. The number of rotatable bonds is 3. The third-order valence-electron chi connectivity index (χ3n) is 4.49. The molecule has 0 aliphatic rings. The van der Waals surface area contributed by atoms with Crippen LogP contribution in [0.25, 0.3) is 27.7 Å². The fraction of sp³-hybridized carbons (Fsp3) is 0. The maximum atomic E-state index is 11.6. The van der Waals surface area contributed by atoms with Gasteiger partial charge < -0.3 is 9.67 Å². The van der Waals surface area contributed by atoms with E-state index in [0.717, 1.165) is 27.7 Å². The van der Waals surface area contributed by atoms with Crippen LogP contribution in [0.4, 0.5) is 0 Å². The van der Waals surface area contributed by atoms with Gasteiger partial charge in [0.2, 0.25) is 0 Å². The summed E-state index contributed by atoms with van der Waals surface area (Å²) in [5, 5.41) is 10.6. The Balaban J connectivity index is 2.01. The SMILES string of the molecule is C#Cc1c(C(=O)O)cccc1-c1ccccc1-n1ccc2ccccc21. The number of carboxylic acid groups (broad SMARTS) is 1. The molecule has 26 heavy (non-hydrogen) atoms. The first-order valence-corrected chi connectivity index (χ1v) is 8.19. The monoisotopic (exact) mass is 337 g/mol. The molecule has 124 valence electrons. The van der Waals surface area contributed by atoms with Gasteiger partial charge in [-0.2, -0.15) is 0 Å². The molecule has 0 saturated heterocycles. The minimum Gasteiger partial charge on any atom is -0.478 e. The Bertz CT molecular complexity index is 1180. The number of carbonyl (C=O) groups is 1. The Morgan fingerprint density at radius 3 is 2.42 bits per heavy atom. The van der Waals surface area contributed by atoms with Gasteiger partial charge in [0.05, 0.1) is 16.8 Å². The van der Waals surface area contributed by atoms with Crippen molar-refractivity contribution >= 4 is 16.9 Å². The molecular formula is C23H15NO2. The van der Waals surface area contributed by atoms with Gasteiger partial charge in [-0.15, -0.1) is 6.42 Å². The first-order valence-electron chi connectivity index (χ1n) is 8.19. The van der Waals surface area contributed by atoms with Crippen LogP contribution in [0.1, 0.15) is 15.9 Å². The summed E-state index contributed by atoms with van der Waals surface area (Å²) in [6.45, 7) is 0. The fourth-order valence-corrected chi connectivity index (χ4v) is 3.32. The minimum atomic E-state index is -1.02. The summed E-state index contributed by atoms with van der Waals surface area (Å²) in [6, 6.07) is 23.2. The topological polar surface area (TPSA) is 42.2 Å². The molecule has 4 aromatic rings. The fourth-order valence-electron chi connectivity index (χ4n) is 3.32. The molecule has 4 rings (SSSR count). The second-order valence-electron chi connectivity index (χ2n) is 5.94. The first kappa shape index (κ1) is 15.7. The summed E-state index contributed by atoms with van der Waals surface area (Å²) >= 11 is 0. The summed E-state index contributed by atoms with van der Waals surface area (Å²) in [6.07, 6.45) is 7.68. The van der Waals surface area contributed by atoms with Crippen LogP contribution in [0.3, 0.4) is 0 Å². The second-order valence-corrected chi connectivity index (χ2v) is 5.94. The number of aromatic nitrogens is 1. The van der Waals surface area contributed by atoms with Gasteiger partial charge in [0.1, 0.15) is 0 Å². The van der Waals surface area contributed by atoms with E-state index >= 15 is 0 Å². The van der Waals surface area contributed by atoms with Crippen molar-refractivity contribution in [1.29, 1.82) is 0 Å². The normalized spacial score (nSPS) is 10.6. The van der Waals surface area contributed by atoms with E-state index in [4.69, 9.17) is 6.42 Å². The number of benzene rings is 3. The van der Waals surface area contributed by atoms with Gasteiger partial charge >= 0.3 is 5.97 Å². The molecule has 0 radical (unpaired) electrons. The minimum absolute atomic E-state index is 0.136. The summed E-state index contributed by atoms with van der Waals surface area (Å²) in [5.74, 6) is 1.54. The van der Waals surface area contributed by atoms with E-state index in [-0.39, 0.29) is 5.56 Å². The summed E-state index contributed by atoms with van der Waals surface area (Å²) in [4.78, 5) is 11.6. The highest BCUT2D eigenvalue weighted by Gasteiger charge is 2.16.